The number of anilines is 1. The maximum atomic E-state index is 12.0. The lowest BCUT2D eigenvalue weighted by atomic mass is 10.2. The molecule has 0 aliphatic heterocycles. The number of benzene rings is 1. The molecule has 0 spiro atoms. The van der Waals surface area contributed by atoms with Gasteiger partial charge in [-0.05, 0) is 30.9 Å². The molecule has 2 aromatic rings. The molecule has 0 unspecified atom stereocenters. The fourth-order valence-electron chi connectivity index (χ4n) is 1.48. The topological polar surface area (TPSA) is 98.0 Å². The Kier molecular flexibility index (Phi) is 3.52. The van der Waals surface area contributed by atoms with Gasteiger partial charge in [0.25, 0.3) is 11.6 Å². The molecule has 8 heteroatoms. The van der Waals surface area contributed by atoms with Gasteiger partial charge in [0.1, 0.15) is 4.88 Å². The van der Waals surface area contributed by atoms with Gasteiger partial charge in [0.05, 0.1) is 16.3 Å². The van der Waals surface area contributed by atoms with E-state index in [1.165, 1.54) is 12.1 Å². The van der Waals surface area contributed by atoms with Crippen LogP contribution in [0.15, 0.2) is 18.2 Å². The van der Waals surface area contributed by atoms with E-state index in [9.17, 15) is 14.9 Å². The van der Waals surface area contributed by atoms with Gasteiger partial charge in [0.2, 0.25) is 0 Å². The van der Waals surface area contributed by atoms with Crippen molar-refractivity contribution in [2.75, 3.05) is 5.32 Å². The van der Waals surface area contributed by atoms with E-state index in [4.69, 9.17) is 0 Å². The van der Waals surface area contributed by atoms with Crippen molar-refractivity contribution in [3.05, 3.63) is 44.4 Å². The second-order valence-corrected chi connectivity index (χ2v) is 4.65. The average Bonchev–Trinajstić information content (AvgIpc) is 2.78. The SMILES string of the molecule is Cc1ccc([N+](=O)[O-])cc1NC(=O)c1snnc1C. The Labute approximate surface area is 112 Å². The van der Waals surface area contributed by atoms with Crippen molar-refractivity contribution in [1.82, 2.24) is 9.59 Å². The van der Waals surface area contributed by atoms with Gasteiger partial charge in [-0.15, -0.1) is 5.10 Å². The third-order valence-electron chi connectivity index (χ3n) is 2.54. The number of nitro benzene ring substituents is 1. The van der Waals surface area contributed by atoms with Crippen LogP contribution in [0.4, 0.5) is 11.4 Å². The highest BCUT2D eigenvalue weighted by atomic mass is 32.1. The van der Waals surface area contributed by atoms with E-state index >= 15 is 0 Å². The number of carbonyl (C=O) groups excluding carboxylic acids is 1. The predicted molar refractivity (Wildman–Crippen MR) is 70.4 cm³/mol. The highest BCUT2D eigenvalue weighted by Crippen LogP contribution is 2.23. The molecule has 0 radical (unpaired) electrons. The highest BCUT2D eigenvalue weighted by Gasteiger charge is 2.16. The van der Waals surface area contributed by atoms with Crippen molar-refractivity contribution in [3.63, 3.8) is 0 Å². The number of hydrogen-bond acceptors (Lipinski definition) is 6. The summed E-state index contributed by atoms with van der Waals surface area (Å²) in [6.07, 6.45) is 0. The van der Waals surface area contributed by atoms with Crippen molar-refractivity contribution in [1.29, 1.82) is 0 Å². The zero-order valence-corrected chi connectivity index (χ0v) is 11.0. The lowest BCUT2D eigenvalue weighted by Gasteiger charge is -2.07. The van der Waals surface area contributed by atoms with Crippen molar-refractivity contribution >= 4 is 28.8 Å². The molecule has 1 aromatic heterocycles. The summed E-state index contributed by atoms with van der Waals surface area (Å²) in [5.41, 5.74) is 1.62. The standard InChI is InChI=1S/C11H10N4O3S/c1-6-3-4-8(15(17)18)5-9(6)12-11(16)10-7(2)13-14-19-10/h3-5H,1-2H3,(H,12,16). The molecular formula is C11H10N4O3S. The first-order valence-corrected chi connectivity index (χ1v) is 6.11. The van der Waals surface area contributed by atoms with E-state index in [0.29, 0.717) is 16.3 Å². The molecule has 0 atom stereocenters. The molecule has 0 aliphatic carbocycles. The molecule has 0 bridgehead atoms. The summed E-state index contributed by atoms with van der Waals surface area (Å²) in [4.78, 5) is 22.6. The molecule has 1 N–H and O–H groups in total. The average molecular weight is 278 g/mol. The third kappa shape index (κ3) is 2.74. The van der Waals surface area contributed by atoms with Crippen molar-refractivity contribution in [2.24, 2.45) is 0 Å². The Morgan fingerprint density at radius 1 is 1.42 bits per heavy atom. The maximum absolute atomic E-state index is 12.0. The molecule has 1 heterocycles. The minimum absolute atomic E-state index is 0.0694. The number of carbonyl (C=O) groups is 1. The Morgan fingerprint density at radius 2 is 2.16 bits per heavy atom. The van der Waals surface area contributed by atoms with E-state index in [0.717, 1.165) is 17.1 Å². The molecule has 19 heavy (non-hydrogen) atoms. The minimum atomic E-state index is -0.505. The van der Waals surface area contributed by atoms with Crippen LogP contribution in [0.1, 0.15) is 20.9 Å². The molecule has 98 valence electrons. The molecule has 1 amide bonds. The fraction of sp³-hybridized carbons (Fsp3) is 0.182. The number of amides is 1. The van der Waals surface area contributed by atoms with Crippen molar-refractivity contribution < 1.29 is 9.72 Å². The van der Waals surface area contributed by atoms with Gasteiger partial charge in [0.15, 0.2) is 0 Å². The first kappa shape index (κ1) is 13.1. The second-order valence-electron chi connectivity index (χ2n) is 3.90. The number of rotatable bonds is 3. The fourth-order valence-corrected chi connectivity index (χ4v) is 2.03. The number of nitro groups is 1. The summed E-state index contributed by atoms with van der Waals surface area (Å²) in [7, 11) is 0. The van der Waals surface area contributed by atoms with Crippen LogP contribution in [0.5, 0.6) is 0 Å². The second kappa shape index (κ2) is 5.11. The van der Waals surface area contributed by atoms with Gasteiger partial charge in [-0.2, -0.15) is 0 Å². The summed E-state index contributed by atoms with van der Waals surface area (Å²) < 4.78 is 3.68. The number of aryl methyl sites for hydroxylation is 2. The first-order chi connectivity index (χ1) is 8.99. The van der Waals surface area contributed by atoms with Gasteiger partial charge in [0, 0.05) is 12.1 Å². The van der Waals surface area contributed by atoms with E-state index in [2.05, 4.69) is 14.9 Å². The number of hydrogen-bond donors (Lipinski definition) is 1. The number of nitrogens with zero attached hydrogens (tertiary/aromatic N) is 3. The number of nitrogens with one attached hydrogen (secondary N) is 1. The summed E-state index contributed by atoms with van der Waals surface area (Å²) in [6, 6.07) is 4.31. The van der Waals surface area contributed by atoms with Crippen molar-refractivity contribution in [3.8, 4) is 0 Å². The van der Waals surface area contributed by atoms with Gasteiger partial charge in [-0.1, -0.05) is 10.6 Å². The van der Waals surface area contributed by atoms with Gasteiger partial charge in [-0.25, -0.2) is 0 Å². The molecule has 0 aliphatic rings. The molecule has 0 fully saturated rings. The van der Waals surface area contributed by atoms with Crippen LogP contribution in [-0.4, -0.2) is 20.4 Å². The number of non-ortho nitro benzene ring substituents is 1. The number of aromatic nitrogens is 2. The zero-order valence-electron chi connectivity index (χ0n) is 10.2. The molecular weight excluding hydrogens is 268 g/mol. The van der Waals surface area contributed by atoms with Crippen LogP contribution in [0, 0.1) is 24.0 Å². The summed E-state index contributed by atoms with van der Waals surface area (Å²) >= 11 is 0.986. The summed E-state index contributed by atoms with van der Waals surface area (Å²) in [5.74, 6) is -0.365. The molecule has 7 nitrogen and oxygen atoms in total. The van der Waals surface area contributed by atoms with Crippen LogP contribution < -0.4 is 5.32 Å². The minimum Gasteiger partial charge on any atom is -0.321 e. The Hall–Kier alpha value is -2.35. The van der Waals surface area contributed by atoms with Gasteiger partial charge >= 0.3 is 0 Å². The maximum Gasteiger partial charge on any atom is 0.271 e. The monoisotopic (exact) mass is 278 g/mol. The smallest absolute Gasteiger partial charge is 0.271 e. The van der Waals surface area contributed by atoms with Crippen molar-refractivity contribution in [2.45, 2.75) is 13.8 Å². The van der Waals surface area contributed by atoms with E-state index in [1.807, 2.05) is 0 Å². The van der Waals surface area contributed by atoms with Crippen LogP contribution in [0.3, 0.4) is 0 Å². The highest BCUT2D eigenvalue weighted by molar-refractivity contribution is 7.08. The molecule has 1 aromatic carbocycles. The van der Waals surface area contributed by atoms with Gasteiger partial charge < -0.3 is 5.32 Å². The quantitative estimate of drug-likeness (QED) is 0.686. The molecule has 2 rings (SSSR count). The van der Waals surface area contributed by atoms with Crippen LogP contribution in [0.25, 0.3) is 0 Å². The Bertz CT molecular complexity index is 653. The Morgan fingerprint density at radius 3 is 2.74 bits per heavy atom. The molecule has 0 saturated heterocycles. The normalized spacial score (nSPS) is 10.2. The first-order valence-electron chi connectivity index (χ1n) is 5.34. The largest absolute Gasteiger partial charge is 0.321 e. The zero-order chi connectivity index (χ0) is 14.0. The lowest BCUT2D eigenvalue weighted by molar-refractivity contribution is -0.384. The van der Waals surface area contributed by atoms with Crippen LogP contribution in [0.2, 0.25) is 0 Å². The van der Waals surface area contributed by atoms with E-state index < -0.39 is 4.92 Å². The summed E-state index contributed by atoms with van der Waals surface area (Å²) in [6.45, 7) is 3.44. The van der Waals surface area contributed by atoms with E-state index in [-0.39, 0.29) is 11.6 Å². The predicted octanol–water partition coefficient (Wildman–Crippen LogP) is 2.32. The van der Waals surface area contributed by atoms with E-state index in [1.54, 1.807) is 19.9 Å². The molecule has 0 saturated carbocycles. The summed E-state index contributed by atoms with van der Waals surface area (Å²) in [5, 5.41) is 17.1. The van der Waals surface area contributed by atoms with Crippen LogP contribution >= 0.6 is 11.5 Å². The third-order valence-corrected chi connectivity index (χ3v) is 3.36. The lowest BCUT2D eigenvalue weighted by Crippen LogP contribution is -2.12. The Balaban J connectivity index is 2.28. The van der Waals surface area contributed by atoms with Gasteiger partial charge in [-0.3, -0.25) is 14.9 Å². The van der Waals surface area contributed by atoms with Crippen LogP contribution in [-0.2, 0) is 0 Å².